The predicted octanol–water partition coefficient (Wildman–Crippen LogP) is 3.66. The van der Waals surface area contributed by atoms with Gasteiger partial charge in [0.25, 0.3) is 0 Å². The maximum absolute atomic E-state index is 12.4. The van der Waals surface area contributed by atoms with Crippen LogP contribution in [0, 0.1) is 12.8 Å². The second-order valence-corrected chi connectivity index (χ2v) is 9.45. The highest BCUT2D eigenvalue weighted by molar-refractivity contribution is 7.99. The molecule has 1 aromatic heterocycles. The lowest BCUT2D eigenvalue weighted by Gasteiger charge is -2.32. The lowest BCUT2D eigenvalue weighted by atomic mass is 9.97. The van der Waals surface area contributed by atoms with Gasteiger partial charge in [-0.25, -0.2) is 0 Å². The number of rotatable bonds is 7. The minimum atomic E-state index is -0.123. The zero-order chi connectivity index (χ0) is 21.8. The van der Waals surface area contributed by atoms with Crippen LogP contribution in [0.25, 0.3) is 0 Å². The summed E-state index contributed by atoms with van der Waals surface area (Å²) in [4.78, 5) is 26.8. The van der Waals surface area contributed by atoms with Crippen LogP contribution in [0.2, 0.25) is 5.02 Å². The number of aromatic nitrogens is 2. The Labute approximate surface area is 191 Å². The molecule has 1 aliphatic heterocycles. The number of halogens is 1. The van der Waals surface area contributed by atoms with Gasteiger partial charge in [-0.15, -0.1) is 10.2 Å². The van der Waals surface area contributed by atoms with E-state index in [1.807, 2.05) is 31.2 Å². The number of carbonyl (C=O) groups excluding carboxylic acids is 2. The van der Waals surface area contributed by atoms with Crippen molar-refractivity contribution in [2.24, 2.45) is 5.92 Å². The molecule has 1 aromatic carbocycles. The molecule has 9 heteroatoms. The van der Waals surface area contributed by atoms with Crippen LogP contribution in [0.3, 0.4) is 0 Å². The Morgan fingerprint density at radius 2 is 2.03 bits per heavy atom. The Hall–Kier alpha value is -2.32. The van der Waals surface area contributed by atoms with Gasteiger partial charge in [0.15, 0.2) is 5.82 Å². The summed E-state index contributed by atoms with van der Waals surface area (Å²) in [7, 11) is 0. The Balaban J connectivity index is 1.28. The molecule has 164 valence electrons. The van der Waals surface area contributed by atoms with Crippen LogP contribution in [0.4, 0.5) is 11.5 Å². The quantitative estimate of drug-likeness (QED) is 0.614. The maximum Gasteiger partial charge on any atom is 0.234 e. The van der Waals surface area contributed by atoms with Crippen LogP contribution in [-0.2, 0) is 9.59 Å². The number of anilines is 2. The Morgan fingerprint density at radius 3 is 2.77 bits per heavy atom. The molecule has 1 unspecified atom stereocenters. The summed E-state index contributed by atoms with van der Waals surface area (Å²) in [6, 6.07) is 9.61. The fourth-order valence-electron chi connectivity index (χ4n) is 3.57. The van der Waals surface area contributed by atoms with E-state index >= 15 is 0 Å². The first-order valence-corrected chi connectivity index (χ1v) is 11.9. The minimum Gasteiger partial charge on any atom is -0.354 e. The van der Waals surface area contributed by atoms with Gasteiger partial charge >= 0.3 is 0 Å². The lowest BCUT2D eigenvalue weighted by molar-refractivity contribution is -0.125. The molecule has 7 nitrogen and oxygen atoms in total. The molecule has 2 amide bonds. The van der Waals surface area contributed by atoms with Crippen molar-refractivity contribution in [3.8, 4) is 0 Å². The number of hydrogen-bond acceptors (Lipinski definition) is 6. The summed E-state index contributed by atoms with van der Waals surface area (Å²) in [6.45, 7) is 3.41. The van der Waals surface area contributed by atoms with Crippen molar-refractivity contribution in [3.05, 3.63) is 40.9 Å². The van der Waals surface area contributed by atoms with E-state index in [1.165, 1.54) is 11.8 Å². The fraction of sp³-hybridized carbons (Fsp3) is 0.455. The van der Waals surface area contributed by atoms with Crippen LogP contribution in [0.5, 0.6) is 0 Å². The molecule has 1 atom stereocenters. The van der Waals surface area contributed by atoms with Crippen LogP contribution in [0.15, 0.2) is 35.4 Å². The van der Waals surface area contributed by atoms with Crippen LogP contribution >= 0.6 is 23.4 Å². The first-order chi connectivity index (χ1) is 15.0. The third kappa shape index (κ3) is 5.89. The Bertz CT molecular complexity index is 951. The number of thioether (sulfide) groups is 1. The molecule has 2 aromatic rings. The molecule has 2 aliphatic rings. The minimum absolute atomic E-state index is 0.00356. The summed E-state index contributed by atoms with van der Waals surface area (Å²) in [5.74, 6) is 1.04. The van der Waals surface area contributed by atoms with Crippen molar-refractivity contribution >= 4 is 46.7 Å². The van der Waals surface area contributed by atoms with Gasteiger partial charge in [0.1, 0.15) is 5.03 Å². The monoisotopic (exact) mass is 459 g/mol. The van der Waals surface area contributed by atoms with E-state index in [0.29, 0.717) is 28.3 Å². The van der Waals surface area contributed by atoms with E-state index in [0.717, 1.165) is 43.6 Å². The fourth-order valence-corrected chi connectivity index (χ4v) is 4.36. The summed E-state index contributed by atoms with van der Waals surface area (Å²) < 4.78 is 0. The largest absolute Gasteiger partial charge is 0.354 e. The first-order valence-electron chi connectivity index (χ1n) is 10.6. The highest BCUT2D eigenvalue weighted by Gasteiger charge is 2.30. The van der Waals surface area contributed by atoms with Crippen molar-refractivity contribution in [1.29, 1.82) is 0 Å². The standard InChI is InChI=1S/C22H26ClN5O2S/c1-14-17(23)5-2-6-18(14)25-20(29)13-31-21-10-9-19(26-27-21)28-11-3-4-15(12-28)22(30)24-16-7-8-16/h2,5-6,9-10,15-16H,3-4,7-8,11-13H2,1H3,(H,24,30)(H,25,29). The normalized spacial score (nSPS) is 18.5. The molecule has 2 heterocycles. The van der Waals surface area contributed by atoms with E-state index in [4.69, 9.17) is 11.6 Å². The molecule has 2 fully saturated rings. The lowest BCUT2D eigenvalue weighted by Crippen LogP contribution is -2.44. The van der Waals surface area contributed by atoms with Gasteiger partial charge in [0, 0.05) is 29.8 Å². The summed E-state index contributed by atoms with van der Waals surface area (Å²) >= 11 is 7.43. The molecule has 0 spiro atoms. The van der Waals surface area contributed by atoms with E-state index in [2.05, 4.69) is 25.7 Å². The Kier molecular flexibility index (Phi) is 6.97. The number of benzene rings is 1. The van der Waals surface area contributed by atoms with Crippen molar-refractivity contribution in [3.63, 3.8) is 0 Å². The van der Waals surface area contributed by atoms with Crippen molar-refractivity contribution in [2.75, 3.05) is 29.1 Å². The van der Waals surface area contributed by atoms with Gasteiger partial charge in [0.05, 0.1) is 11.7 Å². The van der Waals surface area contributed by atoms with Crippen molar-refractivity contribution in [1.82, 2.24) is 15.5 Å². The number of carbonyl (C=O) groups is 2. The number of amides is 2. The van der Waals surface area contributed by atoms with E-state index in [1.54, 1.807) is 6.07 Å². The molecular formula is C22H26ClN5O2S. The first kappa shape index (κ1) is 21.9. The molecule has 1 saturated heterocycles. The third-order valence-electron chi connectivity index (χ3n) is 5.56. The Morgan fingerprint density at radius 1 is 1.19 bits per heavy atom. The SMILES string of the molecule is Cc1c(Cl)cccc1NC(=O)CSc1ccc(N2CCCC(C(=O)NC3CC3)C2)nn1. The zero-order valence-corrected chi connectivity index (χ0v) is 19.0. The van der Waals surface area contributed by atoms with Gasteiger partial charge in [-0.05, 0) is 62.4 Å². The van der Waals surface area contributed by atoms with Gasteiger partial charge in [-0.2, -0.15) is 0 Å². The molecule has 1 aliphatic carbocycles. The second kappa shape index (κ2) is 9.87. The molecule has 1 saturated carbocycles. The van der Waals surface area contributed by atoms with E-state index in [9.17, 15) is 9.59 Å². The topological polar surface area (TPSA) is 87.2 Å². The number of nitrogens with one attached hydrogen (secondary N) is 2. The van der Waals surface area contributed by atoms with Gasteiger partial charge in [0.2, 0.25) is 11.8 Å². The number of nitrogens with zero attached hydrogens (tertiary/aromatic N) is 3. The molecule has 0 bridgehead atoms. The van der Waals surface area contributed by atoms with E-state index < -0.39 is 0 Å². The predicted molar refractivity (Wildman–Crippen MR) is 124 cm³/mol. The molecular weight excluding hydrogens is 434 g/mol. The van der Waals surface area contributed by atoms with E-state index in [-0.39, 0.29) is 23.5 Å². The highest BCUT2D eigenvalue weighted by atomic mass is 35.5. The average molecular weight is 460 g/mol. The maximum atomic E-state index is 12.4. The summed E-state index contributed by atoms with van der Waals surface area (Å²) in [5, 5.41) is 15.9. The van der Waals surface area contributed by atoms with Crippen molar-refractivity contribution in [2.45, 2.75) is 43.7 Å². The van der Waals surface area contributed by atoms with Gasteiger partial charge < -0.3 is 15.5 Å². The summed E-state index contributed by atoms with van der Waals surface area (Å²) in [5.41, 5.74) is 1.56. The van der Waals surface area contributed by atoms with Gasteiger partial charge in [-0.1, -0.05) is 29.4 Å². The molecule has 2 N–H and O–H groups in total. The smallest absolute Gasteiger partial charge is 0.234 e. The van der Waals surface area contributed by atoms with Crippen molar-refractivity contribution < 1.29 is 9.59 Å². The molecule has 0 radical (unpaired) electrons. The highest BCUT2D eigenvalue weighted by Crippen LogP contribution is 2.26. The third-order valence-corrected chi connectivity index (χ3v) is 6.89. The summed E-state index contributed by atoms with van der Waals surface area (Å²) in [6.07, 6.45) is 4.08. The van der Waals surface area contributed by atoms with Crippen LogP contribution in [0.1, 0.15) is 31.2 Å². The zero-order valence-electron chi connectivity index (χ0n) is 17.4. The number of hydrogen-bond donors (Lipinski definition) is 2. The molecule has 31 heavy (non-hydrogen) atoms. The second-order valence-electron chi connectivity index (χ2n) is 8.05. The van der Waals surface area contributed by atoms with Crippen LogP contribution in [-0.4, -0.2) is 46.9 Å². The molecule has 4 rings (SSSR count). The van der Waals surface area contributed by atoms with Crippen LogP contribution < -0.4 is 15.5 Å². The number of piperidine rings is 1. The van der Waals surface area contributed by atoms with Gasteiger partial charge in [-0.3, -0.25) is 9.59 Å². The average Bonchev–Trinajstić information content (AvgIpc) is 3.60.